The number of nitrogens with one attached hydrogen (secondary N) is 1. The van der Waals surface area contributed by atoms with Gasteiger partial charge in [-0.2, -0.15) is 11.8 Å². The number of aryl methyl sites for hydroxylation is 1. The van der Waals surface area contributed by atoms with E-state index in [0.717, 1.165) is 17.0 Å². The van der Waals surface area contributed by atoms with Crippen LogP contribution >= 0.6 is 11.8 Å². The minimum absolute atomic E-state index is 0.636. The van der Waals surface area contributed by atoms with Gasteiger partial charge in [0.1, 0.15) is 5.54 Å². The molecule has 0 aliphatic carbocycles. The Morgan fingerprint density at radius 3 is 2.81 bits per heavy atom. The molecule has 1 saturated heterocycles. The van der Waals surface area contributed by atoms with E-state index in [1.165, 1.54) is 0 Å². The van der Waals surface area contributed by atoms with Gasteiger partial charge in [0.2, 0.25) is 0 Å². The Morgan fingerprint density at radius 2 is 2.25 bits per heavy atom. The number of aliphatic carboxylic acids is 1. The standard InChI is InChI=1S/C12H15NO2S/c1-9-4-2-3-5-10(9)13-12(11(14)15)6-7-16-8-12/h2-5,13H,6-8H2,1H3,(H,14,15). The monoisotopic (exact) mass is 237 g/mol. The van der Waals surface area contributed by atoms with Gasteiger partial charge < -0.3 is 10.4 Å². The zero-order chi connectivity index (χ0) is 11.6. The number of carbonyl (C=O) groups is 1. The van der Waals surface area contributed by atoms with Gasteiger partial charge in [-0.25, -0.2) is 4.79 Å². The molecular formula is C12H15NO2S. The van der Waals surface area contributed by atoms with Crippen LogP contribution < -0.4 is 5.32 Å². The second kappa shape index (κ2) is 4.37. The fourth-order valence-electron chi connectivity index (χ4n) is 1.86. The maximum absolute atomic E-state index is 11.4. The smallest absolute Gasteiger partial charge is 0.330 e. The van der Waals surface area contributed by atoms with Crippen LogP contribution in [0.1, 0.15) is 12.0 Å². The third-order valence-corrected chi connectivity index (χ3v) is 4.14. The topological polar surface area (TPSA) is 49.3 Å². The number of thioether (sulfide) groups is 1. The molecule has 1 aromatic rings. The van der Waals surface area contributed by atoms with E-state index in [1.54, 1.807) is 11.8 Å². The van der Waals surface area contributed by atoms with Gasteiger partial charge in [-0.1, -0.05) is 18.2 Å². The van der Waals surface area contributed by atoms with Crippen molar-refractivity contribution in [3.05, 3.63) is 29.8 Å². The van der Waals surface area contributed by atoms with E-state index in [4.69, 9.17) is 0 Å². The van der Waals surface area contributed by atoms with Crippen LogP contribution in [0.2, 0.25) is 0 Å². The van der Waals surface area contributed by atoms with Crippen LogP contribution in [0.3, 0.4) is 0 Å². The lowest BCUT2D eigenvalue weighted by molar-refractivity contribution is -0.141. The molecule has 16 heavy (non-hydrogen) atoms. The first kappa shape index (κ1) is 11.3. The first-order valence-electron chi connectivity index (χ1n) is 5.29. The highest BCUT2D eigenvalue weighted by atomic mass is 32.2. The minimum Gasteiger partial charge on any atom is -0.479 e. The molecule has 4 heteroatoms. The summed E-state index contributed by atoms with van der Waals surface area (Å²) in [5.41, 5.74) is 1.23. The molecule has 1 aliphatic heterocycles. The Kier molecular flexibility index (Phi) is 3.10. The first-order chi connectivity index (χ1) is 7.64. The molecule has 86 valence electrons. The third kappa shape index (κ3) is 2.02. The molecule has 1 atom stereocenters. The Hall–Kier alpha value is -1.16. The van der Waals surface area contributed by atoms with Gasteiger partial charge in [-0.15, -0.1) is 0 Å². The molecule has 3 nitrogen and oxygen atoms in total. The van der Waals surface area contributed by atoms with Gasteiger partial charge in [0.05, 0.1) is 0 Å². The van der Waals surface area contributed by atoms with Crippen LogP contribution in [0.4, 0.5) is 5.69 Å². The van der Waals surface area contributed by atoms with E-state index >= 15 is 0 Å². The van der Waals surface area contributed by atoms with Crippen molar-refractivity contribution in [3.63, 3.8) is 0 Å². The summed E-state index contributed by atoms with van der Waals surface area (Å²) in [4.78, 5) is 11.4. The summed E-state index contributed by atoms with van der Waals surface area (Å²) in [6.07, 6.45) is 0.682. The van der Waals surface area contributed by atoms with Crippen LogP contribution in [-0.4, -0.2) is 28.1 Å². The molecule has 0 saturated carbocycles. The number of rotatable bonds is 3. The van der Waals surface area contributed by atoms with Crippen molar-refractivity contribution >= 4 is 23.4 Å². The summed E-state index contributed by atoms with van der Waals surface area (Å²) < 4.78 is 0. The van der Waals surface area contributed by atoms with Gasteiger partial charge in [-0.3, -0.25) is 0 Å². The fraction of sp³-hybridized carbons (Fsp3) is 0.417. The van der Waals surface area contributed by atoms with Gasteiger partial charge in [0.25, 0.3) is 0 Å². The van der Waals surface area contributed by atoms with Crippen molar-refractivity contribution < 1.29 is 9.90 Å². The summed E-state index contributed by atoms with van der Waals surface area (Å²) in [5.74, 6) is 0.794. The molecule has 0 aromatic heterocycles. The largest absolute Gasteiger partial charge is 0.479 e. The Balaban J connectivity index is 2.25. The summed E-state index contributed by atoms with van der Waals surface area (Å²) in [5, 5.41) is 12.5. The molecule has 0 bridgehead atoms. The Morgan fingerprint density at radius 1 is 1.50 bits per heavy atom. The van der Waals surface area contributed by atoms with E-state index in [1.807, 2.05) is 31.2 Å². The Bertz CT molecular complexity index is 400. The highest BCUT2D eigenvalue weighted by Gasteiger charge is 2.42. The molecule has 2 rings (SSSR count). The van der Waals surface area contributed by atoms with E-state index in [0.29, 0.717) is 12.2 Å². The number of hydrogen-bond acceptors (Lipinski definition) is 3. The lowest BCUT2D eigenvalue weighted by Gasteiger charge is -2.26. The molecule has 0 radical (unpaired) electrons. The molecule has 1 aliphatic rings. The normalized spacial score (nSPS) is 24.3. The van der Waals surface area contributed by atoms with Crippen LogP contribution in [0.15, 0.2) is 24.3 Å². The quantitative estimate of drug-likeness (QED) is 0.847. The summed E-state index contributed by atoms with van der Waals surface area (Å²) in [7, 11) is 0. The lowest BCUT2D eigenvalue weighted by atomic mass is 9.98. The highest BCUT2D eigenvalue weighted by Crippen LogP contribution is 2.32. The van der Waals surface area contributed by atoms with Crippen LogP contribution in [-0.2, 0) is 4.79 Å². The van der Waals surface area contributed by atoms with Crippen LogP contribution in [0.25, 0.3) is 0 Å². The molecule has 2 N–H and O–H groups in total. The molecular weight excluding hydrogens is 222 g/mol. The molecule has 1 aromatic carbocycles. The van der Waals surface area contributed by atoms with E-state index < -0.39 is 11.5 Å². The zero-order valence-electron chi connectivity index (χ0n) is 9.19. The maximum Gasteiger partial charge on any atom is 0.330 e. The second-order valence-corrected chi connectivity index (χ2v) is 5.23. The van der Waals surface area contributed by atoms with Crippen molar-refractivity contribution in [1.29, 1.82) is 0 Å². The van der Waals surface area contributed by atoms with Crippen molar-refractivity contribution in [3.8, 4) is 0 Å². The Labute approximate surface area is 99.2 Å². The van der Waals surface area contributed by atoms with E-state index in [2.05, 4.69) is 5.32 Å². The molecule has 1 unspecified atom stereocenters. The minimum atomic E-state index is -0.781. The number of carboxylic acids is 1. The van der Waals surface area contributed by atoms with Crippen molar-refractivity contribution in [2.24, 2.45) is 0 Å². The fourth-order valence-corrected chi connectivity index (χ4v) is 3.18. The predicted octanol–water partition coefficient (Wildman–Crippen LogP) is 2.37. The molecule has 0 spiro atoms. The molecule has 1 heterocycles. The average molecular weight is 237 g/mol. The maximum atomic E-state index is 11.4. The zero-order valence-corrected chi connectivity index (χ0v) is 10.0. The third-order valence-electron chi connectivity index (χ3n) is 2.95. The highest BCUT2D eigenvalue weighted by molar-refractivity contribution is 7.99. The number of carboxylic acid groups (broad SMARTS) is 1. The second-order valence-electron chi connectivity index (χ2n) is 4.13. The summed E-state index contributed by atoms with van der Waals surface area (Å²) >= 11 is 1.69. The first-order valence-corrected chi connectivity index (χ1v) is 6.44. The number of benzene rings is 1. The summed E-state index contributed by atoms with van der Waals surface area (Å²) in [6.45, 7) is 1.99. The number of hydrogen-bond donors (Lipinski definition) is 2. The predicted molar refractivity (Wildman–Crippen MR) is 67.1 cm³/mol. The average Bonchev–Trinajstić information content (AvgIpc) is 2.71. The van der Waals surface area contributed by atoms with Gasteiger partial charge >= 0.3 is 5.97 Å². The molecule has 0 amide bonds. The van der Waals surface area contributed by atoms with Crippen LogP contribution in [0.5, 0.6) is 0 Å². The van der Waals surface area contributed by atoms with Crippen molar-refractivity contribution in [1.82, 2.24) is 0 Å². The van der Waals surface area contributed by atoms with Crippen molar-refractivity contribution in [2.45, 2.75) is 18.9 Å². The van der Waals surface area contributed by atoms with Crippen LogP contribution in [0, 0.1) is 6.92 Å². The number of para-hydroxylation sites is 1. The van der Waals surface area contributed by atoms with Crippen molar-refractivity contribution in [2.75, 3.05) is 16.8 Å². The number of anilines is 1. The lowest BCUT2D eigenvalue weighted by Crippen LogP contribution is -2.46. The van der Waals surface area contributed by atoms with Gasteiger partial charge in [-0.05, 0) is 30.7 Å². The van der Waals surface area contributed by atoms with Gasteiger partial charge in [0, 0.05) is 11.4 Å². The molecule has 1 fully saturated rings. The van der Waals surface area contributed by atoms with Gasteiger partial charge in [0.15, 0.2) is 0 Å². The SMILES string of the molecule is Cc1ccccc1NC1(C(=O)O)CCSC1. The summed E-state index contributed by atoms with van der Waals surface area (Å²) in [6, 6.07) is 7.80. The van der Waals surface area contributed by atoms with E-state index in [9.17, 15) is 9.90 Å². The van der Waals surface area contributed by atoms with E-state index in [-0.39, 0.29) is 0 Å².